The molecule has 0 aromatic carbocycles. The quantitative estimate of drug-likeness (QED) is 0.636. The fraction of sp³-hybridized carbons (Fsp3) is 0.667. The number of rotatable bonds is 3. The van der Waals surface area contributed by atoms with Gasteiger partial charge in [-0.3, -0.25) is 0 Å². The molecule has 94 valence electrons. The van der Waals surface area contributed by atoms with Crippen molar-refractivity contribution in [3.8, 4) is 0 Å². The van der Waals surface area contributed by atoms with Gasteiger partial charge in [0.1, 0.15) is 0 Å². The molecule has 2 fully saturated rings. The Hall–Kier alpha value is -1.36. The lowest BCUT2D eigenvalue weighted by Crippen LogP contribution is -2.38. The minimum atomic E-state index is -1.17. The highest BCUT2D eigenvalue weighted by Crippen LogP contribution is 2.48. The van der Waals surface area contributed by atoms with Crippen LogP contribution in [0.4, 0.5) is 0 Å². The van der Waals surface area contributed by atoms with Crippen molar-refractivity contribution in [2.45, 2.75) is 25.7 Å². The molecule has 1 aliphatic heterocycles. The van der Waals surface area contributed by atoms with E-state index in [1.807, 2.05) is 0 Å². The number of carbonyl (C=O) groups is 2. The summed E-state index contributed by atoms with van der Waals surface area (Å²) >= 11 is 0. The first-order valence-electron chi connectivity index (χ1n) is 5.95. The maximum Gasteiger partial charge on any atom is 0.332 e. The zero-order valence-corrected chi connectivity index (χ0v) is 9.61. The minimum Gasteiger partial charge on any atom is -0.478 e. The van der Waals surface area contributed by atoms with Crippen LogP contribution in [0.25, 0.3) is 0 Å². The Morgan fingerprint density at radius 3 is 2.71 bits per heavy atom. The fourth-order valence-electron chi connectivity index (χ4n) is 3.30. The smallest absolute Gasteiger partial charge is 0.332 e. The Balaban J connectivity index is 2.39. The van der Waals surface area contributed by atoms with Gasteiger partial charge in [0, 0.05) is 18.0 Å². The lowest BCUT2D eigenvalue weighted by atomic mass is 9.64. The van der Waals surface area contributed by atoms with Crippen LogP contribution in [0.3, 0.4) is 0 Å². The van der Waals surface area contributed by atoms with Crippen LogP contribution < -0.4 is 5.32 Å². The molecule has 1 saturated carbocycles. The second-order valence-electron chi connectivity index (χ2n) is 4.93. The molecule has 5 nitrogen and oxygen atoms in total. The standard InChI is InChI=1S/C12H17NO4/c14-10(15)5-9(11(16)17)12-4-2-1-3-8(12)6-13-7-12/h5,8,13H,1-4,6-7H2,(H,14,15)(H,16,17)/t8?,12-/m1/s1. The zero-order valence-electron chi connectivity index (χ0n) is 9.61. The van der Waals surface area contributed by atoms with Crippen molar-refractivity contribution in [1.82, 2.24) is 5.32 Å². The maximum absolute atomic E-state index is 11.3. The number of hydrogen-bond donors (Lipinski definition) is 3. The van der Waals surface area contributed by atoms with E-state index < -0.39 is 17.4 Å². The molecular formula is C12H17NO4. The third-order valence-electron chi connectivity index (χ3n) is 4.07. The predicted octanol–water partition coefficient (Wildman–Crippen LogP) is 0.862. The summed E-state index contributed by atoms with van der Waals surface area (Å²) in [6.45, 7) is 1.38. The Morgan fingerprint density at radius 1 is 1.29 bits per heavy atom. The normalized spacial score (nSPS) is 33.2. The fourth-order valence-corrected chi connectivity index (χ4v) is 3.30. The van der Waals surface area contributed by atoms with Crippen molar-refractivity contribution in [2.24, 2.45) is 11.3 Å². The Labute approximate surface area is 99.5 Å². The summed E-state index contributed by atoms with van der Waals surface area (Å²) in [5.41, 5.74) is -0.401. The summed E-state index contributed by atoms with van der Waals surface area (Å²) in [5.74, 6) is -2.01. The molecular weight excluding hydrogens is 222 g/mol. The van der Waals surface area contributed by atoms with Crippen LogP contribution in [0.5, 0.6) is 0 Å². The summed E-state index contributed by atoms with van der Waals surface area (Å²) in [4.78, 5) is 22.1. The van der Waals surface area contributed by atoms with Crippen LogP contribution in [0.1, 0.15) is 25.7 Å². The molecule has 0 spiro atoms. The van der Waals surface area contributed by atoms with Gasteiger partial charge in [-0.05, 0) is 25.3 Å². The summed E-state index contributed by atoms with van der Waals surface area (Å²) < 4.78 is 0. The van der Waals surface area contributed by atoms with Crippen LogP contribution in [0.15, 0.2) is 11.6 Å². The summed E-state index contributed by atoms with van der Waals surface area (Å²) in [5, 5.41) is 21.3. The molecule has 0 bridgehead atoms. The number of aliphatic carboxylic acids is 2. The average Bonchev–Trinajstić information content (AvgIpc) is 2.69. The van der Waals surface area contributed by atoms with Gasteiger partial charge >= 0.3 is 11.9 Å². The van der Waals surface area contributed by atoms with Gasteiger partial charge in [-0.1, -0.05) is 12.8 Å². The van der Waals surface area contributed by atoms with Crippen LogP contribution in [0, 0.1) is 11.3 Å². The van der Waals surface area contributed by atoms with E-state index in [4.69, 9.17) is 5.11 Å². The SMILES string of the molecule is O=C(O)C=C(C(=O)O)[C@@]12CCCCC1CNC2. The van der Waals surface area contributed by atoms with E-state index in [1.165, 1.54) is 0 Å². The number of fused-ring (bicyclic) bond motifs is 1. The van der Waals surface area contributed by atoms with E-state index in [9.17, 15) is 14.7 Å². The predicted molar refractivity (Wildman–Crippen MR) is 60.6 cm³/mol. The third-order valence-corrected chi connectivity index (χ3v) is 4.07. The number of hydrogen-bond acceptors (Lipinski definition) is 3. The minimum absolute atomic E-state index is 0.0692. The molecule has 5 heteroatoms. The van der Waals surface area contributed by atoms with Crippen molar-refractivity contribution >= 4 is 11.9 Å². The molecule has 1 unspecified atom stereocenters. The highest BCUT2D eigenvalue weighted by atomic mass is 16.4. The molecule has 17 heavy (non-hydrogen) atoms. The topological polar surface area (TPSA) is 86.6 Å². The molecule has 0 amide bonds. The first-order valence-corrected chi connectivity index (χ1v) is 5.95. The van der Waals surface area contributed by atoms with E-state index in [0.29, 0.717) is 6.54 Å². The van der Waals surface area contributed by atoms with Gasteiger partial charge in [-0.2, -0.15) is 0 Å². The summed E-state index contributed by atoms with van der Waals surface area (Å²) in [6.07, 6.45) is 4.72. The first-order chi connectivity index (χ1) is 8.06. The largest absolute Gasteiger partial charge is 0.478 e. The highest BCUT2D eigenvalue weighted by molar-refractivity contribution is 5.96. The van der Waals surface area contributed by atoms with E-state index in [2.05, 4.69) is 5.32 Å². The van der Waals surface area contributed by atoms with Crippen molar-refractivity contribution in [3.05, 3.63) is 11.6 Å². The van der Waals surface area contributed by atoms with Crippen molar-refractivity contribution in [2.75, 3.05) is 13.1 Å². The summed E-state index contributed by atoms with van der Waals surface area (Å²) in [6, 6.07) is 0. The van der Waals surface area contributed by atoms with Gasteiger partial charge in [-0.25, -0.2) is 9.59 Å². The van der Waals surface area contributed by atoms with Gasteiger partial charge in [0.05, 0.1) is 5.57 Å². The van der Waals surface area contributed by atoms with Gasteiger partial charge in [0.15, 0.2) is 0 Å². The molecule has 0 radical (unpaired) electrons. The maximum atomic E-state index is 11.3. The van der Waals surface area contributed by atoms with Crippen molar-refractivity contribution < 1.29 is 19.8 Å². The molecule has 0 aromatic rings. The molecule has 1 heterocycles. The van der Waals surface area contributed by atoms with Crippen molar-refractivity contribution in [1.29, 1.82) is 0 Å². The van der Waals surface area contributed by atoms with E-state index in [0.717, 1.165) is 38.3 Å². The van der Waals surface area contributed by atoms with Gasteiger partial charge in [0.2, 0.25) is 0 Å². The zero-order chi connectivity index (χ0) is 12.5. The number of nitrogens with one attached hydrogen (secondary N) is 1. The lowest BCUT2D eigenvalue weighted by molar-refractivity contribution is -0.136. The van der Waals surface area contributed by atoms with E-state index >= 15 is 0 Å². The molecule has 2 aliphatic rings. The first kappa shape index (κ1) is 12.1. The van der Waals surface area contributed by atoms with Crippen LogP contribution in [-0.2, 0) is 9.59 Å². The molecule has 3 N–H and O–H groups in total. The van der Waals surface area contributed by atoms with E-state index in [1.54, 1.807) is 0 Å². The average molecular weight is 239 g/mol. The molecule has 2 rings (SSSR count). The number of carboxylic acid groups (broad SMARTS) is 2. The highest BCUT2D eigenvalue weighted by Gasteiger charge is 2.49. The van der Waals surface area contributed by atoms with Crippen molar-refractivity contribution in [3.63, 3.8) is 0 Å². The monoisotopic (exact) mass is 239 g/mol. The van der Waals surface area contributed by atoms with Crippen LogP contribution in [0.2, 0.25) is 0 Å². The summed E-state index contributed by atoms with van der Waals surface area (Å²) in [7, 11) is 0. The molecule has 1 saturated heterocycles. The van der Waals surface area contributed by atoms with Crippen LogP contribution >= 0.6 is 0 Å². The van der Waals surface area contributed by atoms with Gasteiger partial charge < -0.3 is 15.5 Å². The molecule has 1 aliphatic carbocycles. The second kappa shape index (κ2) is 4.49. The Kier molecular flexibility index (Phi) is 3.19. The number of carboxylic acids is 2. The van der Waals surface area contributed by atoms with Gasteiger partial charge in [0.25, 0.3) is 0 Å². The van der Waals surface area contributed by atoms with E-state index in [-0.39, 0.29) is 11.5 Å². The molecule has 2 atom stereocenters. The Morgan fingerprint density at radius 2 is 2.06 bits per heavy atom. The third kappa shape index (κ3) is 2.07. The van der Waals surface area contributed by atoms with Gasteiger partial charge in [-0.15, -0.1) is 0 Å². The Bertz CT molecular complexity index is 377. The second-order valence-corrected chi connectivity index (χ2v) is 4.93. The molecule has 0 aromatic heterocycles. The lowest BCUT2D eigenvalue weighted by Gasteiger charge is -2.39. The van der Waals surface area contributed by atoms with Crippen LogP contribution in [-0.4, -0.2) is 35.2 Å².